The molecule has 0 bridgehead atoms. The van der Waals surface area contributed by atoms with Crippen LogP contribution in [0.5, 0.6) is 0 Å². The van der Waals surface area contributed by atoms with Crippen molar-refractivity contribution in [2.24, 2.45) is 5.73 Å². The Balaban J connectivity index is 2.16. The largest absolute Gasteiger partial charge is 0.369 e. The highest BCUT2D eigenvalue weighted by molar-refractivity contribution is 9.10. The minimum Gasteiger partial charge on any atom is -0.369 e. The Bertz CT molecular complexity index is 582. The normalized spacial score (nSPS) is 12.2. The second-order valence-corrected chi connectivity index (χ2v) is 6.27. The summed E-state index contributed by atoms with van der Waals surface area (Å²) in [7, 11) is 2.07. The van der Waals surface area contributed by atoms with Gasteiger partial charge >= 0.3 is 0 Å². The number of hydrogen-bond donors (Lipinski definition) is 1. The molecule has 2 rings (SSSR count). The van der Waals surface area contributed by atoms with Gasteiger partial charge < -0.3 is 10.6 Å². The van der Waals surface area contributed by atoms with Gasteiger partial charge in [0, 0.05) is 29.1 Å². The summed E-state index contributed by atoms with van der Waals surface area (Å²) in [6.45, 7) is 2.81. The number of benzene rings is 2. The number of rotatable bonds is 4. The van der Waals surface area contributed by atoms with Crippen molar-refractivity contribution < 1.29 is 0 Å². The fourth-order valence-electron chi connectivity index (χ4n) is 2.06. The van der Waals surface area contributed by atoms with Crippen LogP contribution in [0.25, 0.3) is 0 Å². The Morgan fingerprint density at radius 3 is 2.40 bits per heavy atom. The number of nitrogens with two attached hydrogens (primary N) is 1. The number of nitrogens with zero attached hydrogens (tertiary/aromatic N) is 1. The van der Waals surface area contributed by atoms with Crippen LogP contribution in [0.15, 0.2) is 46.9 Å². The Hall–Kier alpha value is -1.03. The van der Waals surface area contributed by atoms with Crippen molar-refractivity contribution in [3.8, 4) is 0 Å². The molecule has 0 saturated heterocycles. The van der Waals surface area contributed by atoms with E-state index in [1.54, 1.807) is 0 Å². The molecule has 0 saturated carbocycles. The molecule has 0 radical (unpaired) electrons. The maximum atomic E-state index is 5.90. The first-order chi connectivity index (χ1) is 9.47. The third kappa shape index (κ3) is 3.75. The molecule has 4 heteroatoms. The van der Waals surface area contributed by atoms with Gasteiger partial charge in [-0.05, 0) is 58.2 Å². The molecule has 2 aromatic carbocycles. The molecule has 0 aromatic heterocycles. The maximum Gasteiger partial charge on any atom is 0.0511 e. The topological polar surface area (TPSA) is 29.3 Å². The minimum absolute atomic E-state index is 0.0434. The van der Waals surface area contributed by atoms with Gasteiger partial charge in [0.15, 0.2) is 0 Å². The van der Waals surface area contributed by atoms with Gasteiger partial charge in [-0.25, -0.2) is 0 Å². The van der Waals surface area contributed by atoms with Crippen molar-refractivity contribution in [2.75, 3.05) is 11.9 Å². The summed E-state index contributed by atoms with van der Waals surface area (Å²) in [5, 5.41) is 0.763. The zero-order valence-corrected chi connectivity index (χ0v) is 13.9. The standard InChI is InChI=1S/C16H18BrClN2/c1-11(19)13-5-8-16(15(17)9-13)20(2)10-12-3-6-14(18)7-4-12/h3-9,11H,10,19H2,1-2H3/t11-/m1/s1. The van der Waals surface area contributed by atoms with Crippen molar-refractivity contribution >= 4 is 33.2 Å². The van der Waals surface area contributed by atoms with Gasteiger partial charge in [0.2, 0.25) is 0 Å². The molecular weight excluding hydrogens is 336 g/mol. The Labute approximate surface area is 133 Å². The number of hydrogen-bond acceptors (Lipinski definition) is 2. The lowest BCUT2D eigenvalue weighted by Crippen LogP contribution is -2.17. The van der Waals surface area contributed by atoms with Gasteiger partial charge in [0.05, 0.1) is 5.69 Å². The first-order valence-corrected chi connectivity index (χ1v) is 7.65. The van der Waals surface area contributed by atoms with E-state index in [1.807, 2.05) is 31.2 Å². The van der Waals surface area contributed by atoms with Crippen molar-refractivity contribution in [1.29, 1.82) is 0 Å². The maximum absolute atomic E-state index is 5.90. The summed E-state index contributed by atoms with van der Waals surface area (Å²) in [5.74, 6) is 0. The van der Waals surface area contributed by atoms with Crippen LogP contribution in [0.1, 0.15) is 24.1 Å². The molecule has 2 nitrogen and oxygen atoms in total. The zero-order valence-electron chi connectivity index (χ0n) is 11.6. The van der Waals surface area contributed by atoms with Crippen LogP contribution < -0.4 is 10.6 Å². The summed E-state index contributed by atoms with van der Waals surface area (Å²) in [5.41, 5.74) is 9.39. The first kappa shape index (κ1) is 15.4. The van der Waals surface area contributed by atoms with Gasteiger partial charge in [-0.3, -0.25) is 0 Å². The summed E-state index contributed by atoms with van der Waals surface area (Å²) >= 11 is 9.53. The van der Waals surface area contributed by atoms with Gasteiger partial charge in [0.1, 0.15) is 0 Å². The first-order valence-electron chi connectivity index (χ1n) is 6.48. The lowest BCUT2D eigenvalue weighted by molar-refractivity contribution is 0.816. The molecule has 2 N–H and O–H groups in total. The van der Waals surface area contributed by atoms with Crippen molar-refractivity contribution in [2.45, 2.75) is 19.5 Å². The van der Waals surface area contributed by atoms with Crippen LogP contribution in [0.2, 0.25) is 5.02 Å². The molecule has 20 heavy (non-hydrogen) atoms. The van der Waals surface area contributed by atoms with Crippen LogP contribution in [-0.2, 0) is 6.54 Å². The van der Waals surface area contributed by atoms with E-state index < -0.39 is 0 Å². The van der Waals surface area contributed by atoms with Gasteiger partial charge in [-0.15, -0.1) is 0 Å². The molecule has 0 fully saturated rings. The van der Waals surface area contributed by atoms with Crippen LogP contribution in [0.3, 0.4) is 0 Å². The Morgan fingerprint density at radius 2 is 1.85 bits per heavy atom. The fraction of sp³-hybridized carbons (Fsp3) is 0.250. The highest BCUT2D eigenvalue weighted by atomic mass is 79.9. The van der Waals surface area contributed by atoms with Crippen molar-refractivity contribution in [3.63, 3.8) is 0 Å². The van der Waals surface area contributed by atoms with Crippen LogP contribution in [0, 0.1) is 0 Å². The van der Waals surface area contributed by atoms with E-state index in [4.69, 9.17) is 17.3 Å². The smallest absolute Gasteiger partial charge is 0.0511 e. The van der Waals surface area contributed by atoms with E-state index in [1.165, 1.54) is 5.56 Å². The van der Waals surface area contributed by atoms with E-state index >= 15 is 0 Å². The third-order valence-electron chi connectivity index (χ3n) is 3.24. The molecule has 0 heterocycles. The van der Waals surface area contributed by atoms with E-state index in [9.17, 15) is 0 Å². The number of halogens is 2. The molecule has 0 unspecified atom stereocenters. The van der Waals surface area contributed by atoms with Gasteiger partial charge in [-0.2, -0.15) is 0 Å². The van der Waals surface area contributed by atoms with E-state index in [0.717, 1.165) is 27.3 Å². The molecule has 0 aliphatic heterocycles. The Morgan fingerprint density at radius 1 is 1.20 bits per heavy atom. The van der Waals surface area contributed by atoms with Crippen LogP contribution in [-0.4, -0.2) is 7.05 Å². The summed E-state index contributed by atoms with van der Waals surface area (Å²) in [6.07, 6.45) is 0. The molecule has 2 aromatic rings. The monoisotopic (exact) mass is 352 g/mol. The lowest BCUT2D eigenvalue weighted by atomic mass is 10.1. The predicted octanol–water partition coefficient (Wildman–Crippen LogP) is 4.76. The van der Waals surface area contributed by atoms with Crippen LogP contribution in [0.4, 0.5) is 5.69 Å². The zero-order chi connectivity index (χ0) is 14.7. The summed E-state index contributed by atoms with van der Waals surface area (Å²) < 4.78 is 1.06. The molecule has 106 valence electrons. The average molecular weight is 354 g/mol. The fourth-order valence-corrected chi connectivity index (χ4v) is 2.89. The summed E-state index contributed by atoms with van der Waals surface area (Å²) in [6, 6.07) is 14.2. The SMILES string of the molecule is C[C@@H](N)c1ccc(N(C)Cc2ccc(Cl)cc2)c(Br)c1. The van der Waals surface area contributed by atoms with Crippen molar-refractivity contribution in [3.05, 3.63) is 63.1 Å². The minimum atomic E-state index is 0.0434. The highest BCUT2D eigenvalue weighted by Gasteiger charge is 2.09. The number of anilines is 1. The van der Waals surface area contributed by atoms with Gasteiger partial charge in [0.25, 0.3) is 0 Å². The summed E-state index contributed by atoms with van der Waals surface area (Å²) in [4.78, 5) is 2.19. The second kappa shape index (κ2) is 6.61. The molecule has 0 amide bonds. The van der Waals surface area contributed by atoms with Crippen molar-refractivity contribution in [1.82, 2.24) is 0 Å². The third-order valence-corrected chi connectivity index (χ3v) is 4.13. The van der Waals surface area contributed by atoms with E-state index in [2.05, 4.69) is 46.1 Å². The second-order valence-electron chi connectivity index (χ2n) is 4.98. The average Bonchev–Trinajstić information content (AvgIpc) is 2.41. The molecular formula is C16H18BrClN2. The molecule has 0 spiro atoms. The highest BCUT2D eigenvalue weighted by Crippen LogP contribution is 2.29. The quantitative estimate of drug-likeness (QED) is 0.858. The van der Waals surface area contributed by atoms with E-state index in [-0.39, 0.29) is 6.04 Å². The lowest BCUT2D eigenvalue weighted by Gasteiger charge is -2.22. The van der Waals surface area contributed by atoms with E-state index in [0.29, 0.717) is 0 Å². The molecule has 0 aliphatic carbocycles. The Kier molecular flexibility index (Phi) is 5.08. The van der Waals surface area contributed by atoms with Crippen LogP contribution >= 0.6 is 27.5 Å². The van der Waals surface area contributed by atoms with Gasteiger partial charge in [-0.1, -0.05) is 29.8 Å². The molecule has 0 aliphatic rings. The predicted molar refractivity (Wildman–Crippen MR) is 90.3 cm³/mol. The molecule has 1 atom stereocenters.